The number of methoxy groups -OCH3 is 1. The van der Waals surface area contributed by atoms with E-state index in [0.717, 1.165) is 13.2 Å². The molecule has 0 saturated carbocycles. The van der Waals surface area contributed by atoms with Crippen LogP contribution in [0.3, 0.4) is 0 Å². The minimum Gasteiger partial charge on any atom is -0.490 e. The van der Waals surface area contributed by atoms with Crippen LogP contribution >= 0.6 is 0 Å². The maximum absolute atomic E-state index is 13.3. The van der Waals surface area contributed by atoms with E-state index in [4.69, 9.17) is 0 Å². The van der Waals surface area contributed by atoms with Gasteiger partial charge < -0.3 is 10.1 Å². The van der Waals surface area contributed by atoms with Crippen molar-refractivity contribution in [3.8, 4) is 5.75 Å². The second kappa shape index (κ2) is 5.37. The van der Waals surface area contributed by atoms with Gasteiger partial charge in [0, 0.05) is 6.07 Å². The van der Waals surface area contributed by atoms with Crippen LogP contribution in [0, 0.1) is 15.9 Å². The Morgan fingerprint density at radius 3 is 2.65 bits per heavy atom. The molecule has 0 aliphatic heterocycles. The molecule has 8 heteroatoms. The fourth-order valence-corrected chi connectivity index (χ4v) is 1.17. The summed E-state index contributed by atoms with van der Waals surface area (Å²) in [4.78, 5) is 9.71. The Labute approximate surface area is 94.3 Å². The minimum absolute atomic E-state index is 0.201. The number of rotatable bonds is 5. The van der Waals surface area contributed by atoms with Gasteiger partial charge in [0.1, 0.15) is 0 Å². The van der Waals surface area contributed by atoms with Gasteiger partial charge in [-0.15, -0.1) is 0 Å². The number of hydrogen-bond acceptors (Lipinski definition) is 4. The first kappa shape index (κ1) is 13.1. The van der Waals surface area contributed by atoms with Gasteiger partial charge in [-0.25, -0.2) is 13.2 Å². The molecule has 17 heavy (non-hydrogen) atoms. The fraction of sp³-hybridized carbons (Fsp3) is 0.333. The third-order valence-electron chi connectivity index (χ3n) is 1.91. The molecule has 0 atom stereocenters. The highest BCUT2D eigenvalue weighted by molar-refractivity contribution is 5.59. The van der Waals surface area contributed by atoms with Crippen LogP contribution in [-0.2, 0) is 0 Å². The molecule has 0 spiro atoms. The van der Waals surface area contributed by atoms with Gasteiger partial charge in [-0.3, -0.25) is 10.1 Å². The number of nitro groups is 1. The van der Waals surface area contributed by atoms with E-state index in [2.05, 4.69) is 10.1 Å². The highest BCUT2D eigenvalue weighted by Gasteiger charge is 2.19. The molecule has 0 amide bonds. The maximum Gasteiger partial charge on any atom is 0.313 e. The molecule has 5 nitrogen and oxygen atoms in total. The summed E-state index contributed by atoms with van der Waals surface area (Å²) in [6, 6.07) is 1.59. The number of nitrogens with one attached hydrogen (secondary N) is 1. The van der Waals surface area contributed by atoms with Gasteiger partial charge in [0.05, 0.1) is 30.3 Å². The zero-order chi connectivity index (χ0) is 13.0. The van der Waals surface area contributed by atoms with Crippen LogP contribution < -0.4 is 10.1 Å². The number of hydrogen-bond donors (Lipinski definition) is 1. The van der Waals surface area contributed by atoms with Crippen molar-refractivity contribution >= 4 is 11.4 Å². The molecular weight excluding hydrogens is 241 g/mol. The molecule has 0 aliphatic carbocycles. The van der Waals surface area contributed by atoms with Crippen molar-refractivity contribution in [2.45, 2.75) is 6.43 Å². The third-order valence-corrected chi connectivity index (χ3v) is 1.91. The van der Waals surface area contributed by atoms with Crippen LogP contribution in [0.5, 0.6) is 5.75 Å². The van der Waals surface area contributed by atoms with Crippen molar-refractivity contribution in [2.75, 3.05) is 19.0 Å². The molecule has 1 aromatic carbocycles. The van der Waals surface area contributed by atoms with E-state index in [1.165, 1.54) is 0 Å². The Balaban J connectivity index is 3.04. The minimum atomic E-state index is -2.66. The summed E-state index contributed by atoms with van der Waals surface area (Å²) in [5.41, 5.74) is -0.833. The average Bonchev–Trinajstić information content (AvgIpc) is 2.26. The lowest BCUT2D eigenvalue weighted by Gasteiger charge is -2.09. The molecule has 0 unspecified atom stereocenters. The summed E-state index contributed by atoms with van der Waals surface area (Å²) in [6.45, 7) is -0.752. The van der Waals surface area contributed by atoms with E-state index in [9.17, 15) is 23.3 Å². The number of nitrogens with zero attached hydrogens (tertiary/aromatic N) is 1. The summed E-state index contributed by atoms with van der Waals surface area (Å²) in [5, 5.41) is 12.7. The van der Waals surface area contributed by atoms with Gasteiger partial charge in [-0.05, 0) is 0 Å². The Morgan fingerprint density at radius 2 is 2.18 bits per heavy atom. The van der Waals surface area contributed by atoms with Crippen LogP contribution in [0.2, 0.25) is 0 Å². The SMILES string of the molecule is COc1cc(NCC(F)F)c(F)cc1[N+](=O)[O-]. The molecular formula is C9H9F3N2O3. The largest absolute Gasteiger partial charge is 0.490 e. The zero-order valence-electron chi connectivity index (χ0n) is 8.75. The number of halogens is 3. The lowest BCUT2D eigenvalue weighted by atomic mass is 10.2. The van der Waals surface area contributed by atoms with Crippen molar-refractivity contribution in [3.63, 3.8) is 0 Å². The van der Waals surface area contributed by atoms with E-state index in [1.807, 2.05) is 0 Å². The van der Waals surface area contributed by atoms with Crippen molar-refractivity contribution in [1.29, 1.82) is 0 Å². The summed E-state index contributed by atoms with van der Waals surface area (Å²) in [5.74, 6) is -1.19. The highest BCUT2D eigenvalue weighted by Crippen LogP contribution is 2.32. The van der Waals surface area contributed by atoms with Crippen LogP contribution in [0.25, 0.3) is 0 Å². The van der Waals surface area contributed by atoms with Crippen LogP contribution in [-0.4, -0.2) is 25.0 Å². The van der Waals surface area contributed by atoms with Gasteiger partial charge in [-0.2, -0.15) is 0 Å². The maximum atomic E-state index is 13.3. The fourth-order valence-electron chi connectivity index (χ4n) is 1.17. The lowest BCUT2D eigenvalue weighted by Crippen LogP contribution is -2.11. The van der Waals surface area contributed by atoms with Crippen molar-refractivity contribution in [2.24, 2.45) is 0 Å². The van der Waals surface area contributed by atoms with Gasteiger partial charge in [0.15, 0.2) is 11.6 Å². The molecule has 1 aromatic rings. The third kappa shape index (κ3) is 3.23. The quantitative estimate of drug-likeness (QED) is 0.643. The second-order valence-corrected chi connectivity index (χ2v) is 3.03. The summed E-state index contributed by atoms with van der Waals surface area (Å²) >= 11 is 0. The Bertz CT molecular complexity index is 426. The molecule has 0 aliphatic rings. The molecule has 0 aromatic heterocycles. The monoisotopic (exact) mass is 250 g/mol. The molecule has 1 N–H and O–H groups in total. The molecule has 0 fully saturated rings. The number of anilines is 1. The summed E-state index contributed by atoms with van der Waals surface area (Å²) in [6.07, 6.45) is -2.66. The topological polar surface area (TPSA) is 64.4 Å². The normalized spacial score (nSPS) is 10.4. The summed E-state index contributed by atoms with van der Waals surface area (Å²) in [7, 11) is 1.16. The Kier molecular flexibility index (Phi) is 4.13. The summed E-state index contributed by atoms with van der Waals surface area (Å²) < 4.78 is 41.8. The van der Waals surface area contributed by atoms with Gasteiger partial charge in [0.2, 0.25) is 0 Å². The molecule has 0 saturated heterocycles. The molecule has 0 bridgehead atoms. The van der Waals surface area contributed by atoms with Crippen LogP contribution in [0.4, 0.5) is 24.5 Å². The van der Waals surface area contributed by atoms with E-state index >= 15 is 0 Å². The van der Waals surface area contributed by atoms with E-state index in [0.29, 0.717) is 6.07 Å². The highest BCUT2D eigenvalue weighted by atomic mass is 19.3. The average molecular weight is 250 g/mol. The molecule has 94 valence electrons. The van der Waals surface area contributed by atoms with Crippen molar-refractivity contribution in [3.05, 3.63) is 28.1 Å². The predicted octanol–water partition coefficient (Wildman–Crippen LogP) is 2.42. The number of ether oxygens (including phenoxy) is 1. The lowest BCUT2D eigenvalue weighted by molar-refractivity contribution is -0.385. The Hall–Kier alpha value is -1.99. The number of benzene rings is 1. The van der Waals surface area contributed by atoms with Gasteiger partial charge in [0.25, 0.3) is 6.43 Å². The molecule has 0 heterocycles. The van der Waals surface area contributed by atoms with E-state index in [-0.39, 0.29) is 11.4 Å². The van der Waals surface area contributed by atoms with Gasteiger partial charge >= 0.3 is 5.69 Å². The molecule has 1 rings (SSSR count). The van der Waals surface area contributed by atoms with Crippen LogP contribution in [0.15, 0.2) is 12.1 Å². The predicted molar refractivity (Wildman–Crippen MR) is 54.1 cm³/mol. The first-order valence-electron chi connectivity index (χ1n) is 4.49. The molecule has 0 radical (unpaired) electrons. The van der Waals surface area contributed by atoms with Crippen LogP contribution in [0.1, 0.15) is 0 Å². The Morgan fingerprint density at radius 1 is 1.53 bits per heavy atom. The number of alkyl halides is 2. The van der Waals surface area contributed by atoms with Crippen molar-refractivity contribution < 1.29 is 22.8 Å². The van der Waals surface area contributed by atoms with E-state index < -0.39 is 29.4 Å². The van der Waals surface area contributed by atoms with E-state index in [1.54, 1.807) is 0 Å². The van der Waals surface area contributed by atoms with Crippen molar-refractivity contribution in [1.82, 2.24) is 0 Å². The zero-order valence-corrected chi connectivity index (χ0v) is 8.75. The first-order valence-corrected chi connectivity index (χ1v) is 4.49. The van der Waals surface area contributed by atoms with Gasteiger partial charge in [-0.1, -0.05) is 0 Å². The number of nitro benzene ring substituents is 1. The standard InChI is InChI=1S/C9H9F3N2O3/c1-17-8-3-6(13-4-9(11)12)5(10)2-7(8)14(15)16/h2-3,9,13H,4H2,1H3. The smallest absolute Gasteiger partial charge is 0.313 e. The second-order valence-electron chi connectivity index (χ2n) is 3.03. The first-order chi connectivity index (χ1) is 7.95.